The fourth-order valence-electron chi connectivity index (χ4n) is 3.00. The van der Waals surface area contributed by atoms with E-state index >= 15 is 0 Å². The Labute approximate surface area is 143 Å². The van der Waals surface area contributed by atoms with Crippen LogP contribution < -0.4 is 15.4 Å². The molecule has 0 aromatic heterocycles. The zero-order valence-corrected chi connectivity index (χ0v) is 14.0. The van der Waals surface area contributed by atoms with E-state index in [2.05, 4.69) is 10.6 Å². The summed E-state index contributed by atoms with van der Waals surface area (Å²) in [4.78, 5) is 12.3. The van der Waals surface area contributed by atoms with Crippen molar-refractivity contribution in [2.45, 2.75) is 44.7 Å². The predicted octanol–water partition coefficient (Wildman–Crippen LogP) is 4.34. The number of nitrogens with one attached hydrogen (secondary N) is 2. The van der Waals surface area contributed by atoms with Gasteiger partial charge in [-0.1, -0.05) is 31.0 Å². The summed E-state index contributed by atoms with van der Waals surface area (Å²) in [6.07, 6.45) is 4.86. The average Bonchev–Trinajstić information content (AvgIpc) is 3.10. The SMILES string of the molecule is C[C@H](NC1CCCC1)C(=O)Nc1ccc(Oc2ccccc2)cc1. The van der Waals surface area contributed by atoms with E-state index in [1.54, 1.807) is 0 Å². The number of anilines is 1. The van der Waals surface area contributed by atoms with E-state index in [9.17, 15) is 4.79 Å². The minimum Gasteiger partial charge on any atom is -0.457 e. The maximum Gasteiger partial charge on any atom is 0.241 e. The van der Waals surface area contributed by atoms with E-state index in [0.717, 1.165) is 17.2 Å². The van der Waals surface area contributed by atoms with Crippen LogP contribution in [0.4, 0.5) is 5.69 Å². The Morgan fingerprint density at radius 2 is 1.62 bits per heavy atom. The zero-order valence-electron chi connectivity index (χ0n) is 14.0. The molecule has 2 aromatic rings. The maximum atomic E-state index is 12.3. The molecule has 24 heavy (non-hydrogen) atoms. The van der Waals surface area contributed by atoms with Crippen LogP contribution in [-0.2, 0) is 4.79 Å². The summed E-state index contributed by atoms with van der Waals surface area (Å²) in [5.41, 5.74) is 0.778. The Morgan fingerprint density at radius 3 is 2.29 bits per heavy atom. The standard InChI is InChI=1S/C20H24N2O2/c1-15(21-16-7-5-6-8-16)20(23)22-17-11-13-19(14-12-17)24-18-9-3-2-4-10-18/h2-4,9-16,21H,5-8H2,1H3,(H,22,23)/t15-/m0/s1. The number of carbonyl (C=O) groups excluding carboxylic acids is 1. The zero-order chi connectivity index (χ0) is 16.8. The van der Waals surface area contributed by atoms with Crippen molar-refractivity contribution in [1.29, 1.82) is 0 Å². The van der Waals surface area contributed by atoms with Crippen molar-refractivity contribution < 1.29 is 9.53 Å². The lowest BCUT2D eigenvalue weighted by Gasteiger charge is -2.18. The van der Waals surface area contributed by atoms with Crippen molar-refractivity contribution >= 4 is 11.6 Å². The lowest BCUT2D eigenvalue weighted by Crippen LogP contribution is -2.42. The van der Waals surface area contributed by atoms with Crippen molar-refractivity contribution in [3.05, 3.63) is 54.6 Å². The van der Waals surface area contributed by atoms with Gasteiger partial charge in [-0.2, -0.15) is 0 Å². The monoisotopic (exact) mass is 324 g/mol. The molecule has 4 heteroatoms. The van der Waals surface area contributed by atoms with Gasteiger partial charge in [0, 0.05) is 11.7 Å². The lowest BCUT2D eigenvalue weighted by molar-refractivity contribution is -0.117. The lowest BCUT2D eigenvalue weighted by atomic mass is 10.2. The first-order valence-corrected chi connectivity index (χ1v) is 8.60. The van der Waals surface area contributed by atoms with Crippen molar-refractivity contribution in [2.75, 3.05) is 5.32 Å². The fourth-order valence-corrected chi connectivity index (χ4v) is 3.00. The van der Waals surface area contributed by atoms with Gasteiger partial charge in [0.2, 0.25) is 5.91 Å². The number of ether oxygens (including phenoxy) is 1. The molecule has 126 valence electrons. The van der Waals surface area contributed by atoms with Crippen LogP contribution in [-0.4, -0.2) is 18.0 Å². The second kappa shape index (κ2) is 7.97. The highest BCUT2D eigenvalue weighted by Crippen LogP contribution is 2.23. The molecular weight excluding hydrogens is 300 g/mol. The van der Waals surface area contributed by atoms with E-state index < -0.39 is 0 Å². The molecule has 3 rings (SSSR count). The normalized spacial score (nSPS) is 15.9. The van der Waals surface area contributed by atoms with E-state index in [4.69, 9.17) is 4.74 Å². The molecule has 0 unspecified atom stereocenters. The maximum absolute atomic E-state index is 12.3. The molecule has 1 saturated carbocycles. The molecule has 0 bridgehead atoms. The van der Waals surface area contributed by atoms with Gasteiger partial charge in [0.1, 0.15) is 11.5 Å². The van der Waals surface area contributed by atoms with Crippen LogP contribution in [0.3, 0.4) is 0 Å². The van der Waals surface area contributed by atoms with Crippen molar-refractivity contribution in [1.82, 2.24) is 5.32 Å². The predicted molar refractivity (Wildman–Crippen MR) is 96.4 cm³/mol. The van der Waals surface area contributed by atoms with Gasteiger partial charge in [0.15, 0.2) is 0 Å². The van der Waals surface area contributed by atoms with Crippen molar-refractivity contribution in [3.63, 3.8) is 0 Å². The molecule has 2 N–H and O–H groups in total. The molecule has 1 fully saturated rings. The van der Waals surface area contributed by atoms with Crippen LogP contribution in [0.2, 0.25) is 0 Å². The molecule has 4 nitrogen and oxygen atoms in total. The van der Waals surface area contributed by atoms with Gasteiger partial charge in [0.05, 0.1) is 6.04 Å². The van der Waals surface area contributed by atoms with Crippen LogP contribution in [0.5, 0.6) is 11.5 Å². The van der Waals surface area contributed by atoms with Gasteiger partial charge in [-0.05, 0) is 56.2 Å². The van der Waals surface area contributed by atoms with E-state index in [1.807, 2.05) is 61.5 Å². The molecule has 0 heterocycles. The number of hydrogen-bond acceptors (Lipinski definition) is 3. The summed E-state index contributed by atoms with van der Waals surface area (Å²) in [6.45, 7) is 1.92. The number of amides is 1. The van der Waals surface area contributed by atoms with Gasteiger partial charge in [-0.15, -0.1) is 0 Å². The minimum atomic E-state index is -0.187. The molecule has 0 aliphatic heterocycles. The van der Waals surface area contributed by atoms with Crippen LogP contribution in [0, 0.1) is 0 Å². The second-order valence-corrected chi connectivity index (χ2v) is 6.30. The van der Waals surface area contributed by atoms with E-state index in [-0.39, 0.29) is 11.9 Å². The minimum absolute atomic E-state index is 0.00127. The molecule has 0 saturated heterocycles. The van der Waals surface area contributed by atoms with Crippen LogP contribution in [0.1, 0.15) is 32.6 Å². The number of carbonyl (C=O) groups is 1. The molecule has 0 spiro atoms. The molecule has 0 radical (unpaired) electrons. The summed E-state index contributed by atoms with van der Waals surface area (Å²) in [6, 6.07) is 17.4. The van der Waals surface area contributed by atoms with Gasteiger partial charge >= 0.3 is 0 Å². The van der Waals surface area contributed by atoms with Crippen LogP contribution in [0.15, 0.2) is 54.6 Å². The summed E-state index contributed by atoms with van der Waals surface area (Å²) >= 11 is 0. The summed E-state index contributed by atoms with van der Waals surface area (Å²) in [5, 5.41) is 6.36. The Hall–Kier alpha value is -2.33. The summed E-state index contributed by atoms with van der Waals surface area (Å²) in [7, 11) is 0. The Kier molecular flexibility index (Phi) is 5.49. The molecule has 2 aromatic carbocycles. The largest absolute Gasteiger partial charge is 0.457 e. The highest BCUT2D eigenvalue weighted by atomic mass is 16.5. The first-order chi connectivity index (χ1) is 11.7. The van der Waals surface area contributed by atoms with E-state index in [1.165, 1.54) is 25.7 Å². The molecule has 1 atom stereocenters. The molecule has 1 aliphatic rings. The Bertz CT molecular complexity index is 649. The highest BCUT2D eigenvalue weighted by Gasteiger charge is 2.20. The summed E-state index contributed by atoms with van der Waals surface area (Å²) < 4.78 is 5.75. The third-order valence-electron chi connectivity index (χ3n) is 4.33. The first-order valence-electron chi connectivity index (χ1n) is 8.60. The fraction of sp³-hybridized carbons (Fsp3) is 0.350. The van der Waals surface area contributed by atoms with Gasteiger partial charge in [-0.25, -0.2) is 0 Å². The van der Waals surface area contributed by atoms with Gasteiger partial charge < -0.3 is 15.4 Å². The third-order valence-corrected chi connectivity index (χ3v) is 4.33. The van der Waals surface area contributed by atoms with E-state index in [0.29, 0.717) is 6.04 Å². The molecule has 1 aliphatic carbocycles. The molecule has 1 amide bonds. The first kappa shape index (κ1) is 16.5. The van der Waals surface area contributed by atoms with Crippen molar-refractivity contribution in [3.8, 4) is 11.5 Å². The second-order valence-electron chi connectivity index (χ2n) is 6.30. The highest BCUT2D eigenvalue weighted by molar-refractivity contribution is 5.94. The number of hydrogen-bond donors (Lipinski definition) is 2. The third kappa shape index (κ3) is 4.59. The van der Waals surface area contributed by atoms with Crippen LogP contribution >= 0.6 is 0 Å². The van der Waals surface area contributed by atoms with Crippen molar-refractivity contribution in [2.24, 2.45) is 0 Å². The van der Waals surface area contributed by atoms with Gasteiger partial charge in [-0.3, -0.25) is 4.79 Å². The number of para-hydroxylation sites is 1. The Morgan fingerprint density at radius 1 is 1.00 bits per heavy atom. The van der Waals surface area contributed by atoms with Crippen LogP contribution in [0.25, 0.3) is 0 Å². The topological polar surface area (TPSA) is 50.4 Å². The molecular formula is C20H24N2O2. The smallest absolute Gasteiger partial charge is 0.241 e. The quantitative estimate of drug-likeness (QED) is 0.831. The average molecular weight is 324 g/mol. The number of rotatable bonds is 6. The van der Waals surface area contributed by atoms with Gasteiger partial charge in [0.25, 0.3) is 0 Å². The Balaban J connectivity index is 1.52. The number of benzene rings is 2. The summed E-state index contributed by atoms with van der Waals surface area (Å²) in [5.74, 6) is 1.54.